The molecular weight excluding hydrogens is 252 g/mol. The number of hydrazine groups is 1. The second-order valence-corrected chi connectivity index (χ2v) is 4.00. The molecule has 0 atom stereocenters. The Bertz CT molecular complexity index is 645. The number of nitrogens with two attached hydrogens (primary N) is 1. The summed E-state index contributed by atoms with van der Waals surface area (Å²) in [5.41, 5.74) is 0.0283. The average Bonchev–Trinajstić information content (AvgIpc) is 2.37. The Morgan fingerprint density at radius 1 is 1.58 bits per heavy atom. The Morgan fingerprint density at radius 3 is 2.84 bits per heavy atom. The van der Waals surface area contributed by atoms with E-state index in [0.717, 1.165) is 5.01 Å². The number of ether oxygens (including phenoxy) is 1. The molecule has 2 rings (SSSR count). The van der Waals surface area contributed by atoms with Gasteiger partial charge in [0.15, 0.2) is 23.5 Å². The predicted octanol–water partition coefficient (Wildman–Crippen LogP) is -1.07. The lowest BCUT2D eigenvalue weighted by Gasteiger charge is -2.23. The van der Waals surface area contributed by atoms with E-state index in [-0.39, 0.29) is 22.8 Å². The van der Waals surface area contributed by atoms with Crippen molar-refractivity contribution in [3.63, 3.8) is 0 Å². The lowest BCUT2D eigenvalue weighted by molar-refractivity contribution is -0.126. The largest absolute Gasteiger partial charge is 0.449 e. The second-order valence-electron chi connectivity index (χ2n) is 4.00. The Morgan fingerprint density at radius 2 is 2.26 bits per heavy atom. The zero-order chi connectivity index (χ0) is 14.2. The fourth-order valence-corrected chi connectivity index (χ4v) is 1.57. The smallest absolute Gasteiger partial charge is 0.287 e. The van der Waals surface area contributed by atoms with Crippen LogP contribution in [0.5, 0.6) is 5.75 Å². The first-order chi connectivity index (χ1) is 8.93. The van der Waals surface area contributed by atoms with Gasteiger partial charge in [0.05, 0.1) is 5.69 Å². The molecule has 3 N–H and O–H groups in total. The zero-order valence-electron chi connectivity index (χ0n) is 10.3. The van der Waals surface area contributed by atoms with Crippen molar-refractivity contribution in [3.05, 3.63) is 34.1 Å². The molecule has 2 heterocycles. The van der Waals surface area contributed by atoms with Crippen LogP contribution in [-0.2, 0) is 16.6 Å². The van der Waals surface area contributed by atoms with Gasteiger partial charge in [-0.05, 0) is 0 Å². The summed E-state index contributed by atoms with van der Waals surface area (Å²) in [4.78, 5) is 34.2. The van der Waals surface area contributed by atoms with Crippen LogP contribution in [0.15, 0.2) is 28.5 Å². The normalized spacial score (nSPS) is 13.2. The van der Waals surface area contributed by atoms with E-state index in [1.165, 1.54) is 23.9 Å². The summed E-state index contributed by atoms with van der Waals surface area (Å²) >= 11 is 0. The summed E-state index contributed by atoms with van der Waals surface area (Å²) in [7, 11) is 2.90. The van der Waals surface area contributed by atoms with E-state index in [1.807, 2.05) is 0 Å². The number of aldehydes is 1. The van der Waals surface area contributed by atoms with Gasteiger partial charge in [0, 0.05) is 26.4 Å². The number of nitrogens with zero attached hydrogens (tertiary/aromatic N) is 2. The van der Waals surface area contributed by atoms with Crippen LogP contribution in [0.2, 0.25) is 0 Å². The molecule has 1 aromatic rings. The van der Waals surface area contributed by atoms with Gasteiger partial charge < -0.3 is 14.6 Å². The van der Waals surface area contributed by atoms with E-state index in [1.54, 1.807) is 7.05 Å². The van der Waals surface area contributed by atoms with Gasteiger partial charge in [0.25, 0.3) is 11.5 Å². The first-order valence-electron chi connectivity index (χ1n) is 5.31. The first kappa shape index (κ1) is 12.8. The van der Waals surface area contributed by atoms with Crippen molar-refractivity contribution in [3.8, 4) is 5.75 Å². The van der Waals surface area contributed by atoms with Gasteiger partial charge >= 0.3 is 0 Å². The number of likely N-dealkylation sites (N-methyl/N-ethyl adjacent to an activating group) is 1. The number of anilines is 1. The lowest BCUT2D eigenvalue weighted by atomic mass is 10.2. The summed E-state index contributed by atoms with van der Waals surface area (Å²) in [5, 5.41) is 3.56. The third-order valence-corrected chi connectivity index (χ3v) is 2.56. The number of aryl methyl sites for hydroxylation is 1. The maximum Gasteiger partial charge on any atom is 0.287 e. The van der Waals surface area contributed by atoms with Crippen molar-refractivity contribution < 1.29 is 14.3 Å². The highest BCUT2D eigenvalue weighted by atomic mass is 16.5. The second kappa shape index (κ2) is 4.58. The summed E-state index contributed by atoms with van der Waals surface area (Å²) in [6, 6.07) is 1.22. The van der Waals surface area contributed by atoms with Crippen molar-refractivity contribution >= 4 is 17.9 Å². The fraction of sp³-hybridized carbons (Fsp3) is 0.182. The Balaban J connectivity index is 2.50. The number of carbonyl (C=O) groups is 2. The van der Waals surface area contributed by atoms with E-state index >= 15 is 0 Å². The molecule has 8 nitrogen and oxygen atoms in total. The summed E-state index contributed by atoms with van der Waals surface area (Å²) in [6.45, 7) is 0. The van der Waals surface area contributed by atoms with Crippen molar-refractivity contribution in [2.45, 2.75) is 0 Å². The van der Waals surface area contributed by atoms with Crippen LogP contribution < -0.4 is 21.5 Å². The molecule has 0 spiro atoms. The molecule has 0 radical (unpaired) electrons. The van der Waals surface area contributed by atoms with Gasteiger partial charge in [-0.15, -0.1) is 0 Å². The van der Waals surface area contributed by atoms with Crippen molar-refractivity contribution in [1.29, 1.82) is 0 Å². The van der Waals surface area contributed by atoms with Crippen LogP contribution in [0.4, 0.5) is 5.69 Å². The van der Waals surface area contributed by atoms with Crippen LogP contribution in [0, 0.1) is 0 Å². The fourth-order valence-electron chi connectivity index (χ4n) is 1.57. The third kappa shape index (κ3) is 2.20. The number of hydrogen-bond acceptors (Lipinski definition) is 6. The molecule has 0 unspecified atom stereocenters. The highest BCUT2D eigenvalue weighted by molar-refractivity contribution is 6.01. The Hall–Kier alpha value is -2.61. The molecule has 0 saturated heterocycles. The molecule has 1 aliphatic rings. The number of hydrogen-bond donors (Lipinski definition) is 2. The van der Waals surface area contributed by atoms with Gasteiger partial charge in [-0.2, -0.15) is 0 Å². The molecule has 8 heteroatoms. The quantitative estimate of drug-likeness (QED) is 0.305. The van der Waals surface area contributed by atoms with E-state index in [4.69, 9.17) is 10.6 Å². The minimum atomic E-state index is -0.610. The molecule has 0 aliphatic carbocycles. The summed E-state index contributed by atoms with van der Waals surface area (Å²) in [5.74, 6) is 4.69. The number of nitrogens with one attached hydrogen (secondary N) is 1. The average molecular weight is 264 g/mol. The molecule has 0 fully saturated rings. The third-order valence-electron chi connectivity index (χ3n) is 2.56. The monoisotopic (exact) mass is 264 g/mol. The standard InChI is InChI=1S/C11H12N4O4/c1-14-4-6-7(3-9(14)17)19-8(5-16)10(13-6)11(18)15(2)12/h3-5,13H,12H2,1-2H3. The number of allylic oxidation sites excluding steroid dienone is 1. The molecule has 19 heavy (non-hydrogen) atoms. The highest BCUT2D eigenvalue weighted by Crippen LogP contribution is 2.30. The van der Waals surface area contributed by atoms with Crippen LogP contribution in [0.1, 0.15) is 0 Å². The Kier molecular flexibility index (Phi) is 3.09. The van der Waals surface area contributed by atoms with Gasteiger partial charge in [0.2, 0.25) is 0 Å². The zero-order valence-corrected chi connectivity index (χ0v) is 10.3. The maximum absolute atomic E-state index is 11.8. The lowest BCUT2D eigenvalue weighted by Crippen LogP contribution is -2.38. The number of fused-ring (bicyclic) bond motifs is 1. The molecule has 100 valence electrons. The topological polar surface area (TPSA) is 107 Å². The molecule has 1 aromatic heterocycles. The van der Waals surface area contributed by atoms with E-state index < -0.39 is 5.91 Å². The predicted molar refractivity (Wildman–Crippen MR) is 66.0 cm³/mol. The number of pyridine rings is 1. The van der Waals surface area contributed by atoms with E-state index in [9.17, 15) is 14.4 Å². The van der Waals surface area contributed by atoms with E-state index in [2.05, 4.69) is 5.32 Å². The molecular formula is C11H12N4O4. The van der Waals surface area contributed by atoms with Crippen molar-refractivity contribution in [1.82, 2.24) is 9.58 Å². The number of rotatable bonds is 2. The molecule has 0 saturated carbocycles. The summed E-state index contributed by atoms with van der Waals surface area (Å²) < 4.78 is 6.55. The molecule has 0 aromatic carbocycles. The minimum Gasteiger partial charge on any atom is -0.449 e. The van der Waals surface area contributed by atoms with Crippen molar-refractivity contribution in [2.75, 3.05) is 12.4 Å². The van der Waals surface area contributed by atoms with Gasteiger partial charge in [-0.1, -0.05) is 0 Å². The van der Waals surface area contributed by atoms with Crippen LogP contribution >= 0.6 is 0 Å². The van der Waals surface area contributed by atoms with Crippen LogP contribution in [0.25, 0.3) is 0 Å². The van der Waals surface area contributed by atoms with Gasteiger partial charge in [-0.3, -0.25) is 19.4 Å². The minimum absolute atomic E-state index is 0.0776. The molecule has 1 amide bonds. The molecule has 1 aliphatic heterocycles. The molecule has 0 bridgehead atoms. The number of aromatic nitrogens is 1. The SMILES string of the molecule is CN(N)C(=O)C1=C(C=O)Oc2cc(=O)n(C)cc2N1. The van der Waals surface area contributed by atoms with E-state index in [0.29, 0.717) is 12.0 Å². The highest BCUT2D eigenvalue weighted by Gasteiger charge is 2.26. The summed E-state index contributed by atoms with van der Waals surface area (Å²) in [6.07, 6.45) is 1.84. The number of carbonyl (C=O) groups excluding carboxylic acids is 2. The van der Waals surface area contributed by atoms with Gasteiger partial charge in [-0.25, -0.2) is 5.84 Å². The maximum atomic E-state index is 11.8. The van der Waals surface area contributed by atoms with Crippen LogP contribution in [-0.4, -0.2) is 28.8 Å². The van der Waals surface area contributed by atoms with Crippen molar-refractivity contribution in [2.24, 2.45) is 12.9 Å². The van der Waals surface area contributed by atoms with Gasteiger partial charge in [0.1, 0.15) is 0 Å². The Labute approximate surface area is 108 Å². The first-order valence-corrected chi connectivity index (χ1v) is 5.31. The number of amides is 1. The van der Waals surface area contributed by atoms with Crippen LogP contribution in [0.3, 0.4) is 0 Å².